The Morgan fingerprint density at radius 1 is 1.04 bits per heavy atom. The highest BCUT2D eigenvalue weighted by Gasteiger charge is 2.39. The first-order chi connectivity index (χ1) is 13.5. The van der Waals surface area contributed by atoms with Gasteiger partial charge < -0.3 is 9.80 Å². The lowest BCUT2D eigenvalue weighted by Crippen LogP contribution is -2.54. The number of carbonyl (C=O) groups is 1. The maximum Gasteiger partial charge on any atom is 0.237 e. The molecular weight excluding hydrogens is 378 g/mol. The molecule has 2 aliphatic heterocycles. The number of amides is 1. The smallest absolute Gasteiger partial charge is 0.237 e. The first-order valence-electron chi connectivity index (χ1n) is 10.3. The maximum absolute atomic E-state index is 13.2. The zero-order chi connectivity index (χ0) is 19.6. The van der Waals surface area contributed by atoms with Crippen molar-refractivity contribution in [2.75, 3.05) is 49.1 Å². The van der Waals surface area contributed by atoms with E-state index in [-0.39, 0.29) is 29.5 Å². The fraction of sp³-hybridized carbons (Fsp3) is 0.737. The predicted molar refractivity (Wildman–Crippen MR) is 107 cm³/mol. The second kappa shape index (κ2) is 8.32. The average molecular weight is 408 g/mol. The molecule has 1 atom stereocenters. The summed E-state index contributed by atoms with van der Waals surface area (Å²) in [5, 5.41) is 0. The van der Waals surface area contributed by atoms with Crippen LogP contribution in [-0.4, -0.2) is 90.4 Å². The summed E-state index contributed by atoms with van der Waals surface area (Å²) in [6.07, 6.45) is 8.33. The molecule has 154 valence electrons. The zero-order valence-electron chi connectivity index (χ0n) is 16.2. The number of nitrogens with zero attached hydrogens (tertiary/aromatic N) is 5. The Kier molecular flexibility index (Phi) is 5.82. The van der Waals surface area contributed by atoms with Crippen LogP contribution in [0.15, 0.2) is 18.5 Å². The largest absolute Gasteiger partial charge is 0.338 e. The summed E-state index contributed by atoms with van der Waals surface area (Å²) in [7, 11) is -3.00. The van der Waals surface area contributed by atoms with E-state index in [4.69, 9.17) is 0 Å². The fourth-order valence-electron chi connectivity index (χ4n) is 4.72. The van der Waals surface area contributed by atoms with Gasteiger partial charge in [-0.2, -0.15) is 0 Å². The summed E-state index contributed by atoms with van der Waals surface area (Å²) in [5.41, 5.74) is 0. The number of anilines is 1. The van der Waals surface area contributed by atoms with Gasteiger partial charge in [0.05, 0.1) is 18.1 Å². The molecule has 8 nitrogen and oxygen atoms in total. The molecule has 1 aromatic heterocycles. The Balaban J connectivity index is 1.37. The first kappa shape index (κ1) is 19.6. The van der Waals surface area contributed by atoms with E-state index in [0.717, 1.165) is 57.8 Å². The molecule has 1 amide bonds. The van der Waals surface area contributed by atoms with Gasteiger partial charge in [-0.3, -0.25) is 9.69 Å². The topological polar surface area (TPSA) is 86.7 Å². The van der Waals surface area contributed by atoms with Gasteiger partial charge >= 0.3 is 0 Å². The highest BCUT2D eigenvalue weighted by atomic mass is 32.2. The number of sulfone groups is 1. The lowest BCUT2D eigenvalue weighted by molar-refractivity contribution is -0.137. The Morgan fingerprint density at radius 2 is 1.71 bits per heavy atom. The third kappa shape index (κ3) is 4.46. The molecule has 3 heterocycles. The molecule has 0 bridgehead atoms. The van der Waals surface area contributed by atoms with Crippen molar-refractivity contribution < 1.29 is 13.2 Å². The van der Waals surface area contributed by atoms with Crippen molar-refractivity contribution >= 4 is 21.7 Å². The third-order valence-electron chi connectivity index (χ3n) is 6.17. The van der Waals surface area contributed by atoms with E-state index in [9.17, 15) is 13.2 Å². The van der Waals surface area contributed by atoms with Crippen LogP contribution in [0.3, 0.4) is 0 Å². The second-order valence-corrected chi connectivity index (χ2v) is 10.3. The van der Waals surface area contributed by atoms with Crippen LogP contribution >= 0.6 is 0 Å². The molecule has 4 rings (SSSR count). The molecule has 1 unspecified atom stereocenters. The van der Waals surface area contributed by atoms with Gasteiger partial charge in [-0.1, -0.05) is 12.8 Å². The number of hydrogen-bond donors (Lipinski definition) is 0. The molecular formula is C19H29N5O3S. The molecule has 2 saturated heterocycles. The average Bonchev–Trinajstić information content (AvgIpc) is 3.33. The molecule has 28 heavy (non-hydrogen) atoms. The molecule has 1 aromatic rings. The van der Waals surface area contributed by atoms with Gasteiger partial charge in [0.1, 0.15) is 0 Å². The van der Waals surface area contributed by atoms with Gasteiger partial charge in [0, 0.05) is 50.7 Å². The molecule has 0 radical (unpaired) electrons. The van der Waals surface area contributed by atoms with Crippen LogP contribution in [0.2, 0.25) is 0 Å². The minimum absolute atomic E-state index is 0.0958. The lowest BCUT2D eigenvalue weighted by Gasteiger charge is -2.38. The number of piperazine rings is 1. The quantitative estimate of drug-likeness (QED) is 0.705. The van der Waals surface area contributed by atoms with E-state index < -0.39 is 9.84 Å². The summed E-state index contributed by atoms with van der Waals surface area (Å²) >= 11 is 0. The van der Waals surface area contributed by atoms with Crippen molar-refractivity contribution in [2.24, 2.45) is 0 Å². The minimum atomic E-state index is -3.00. The van der Waals surface area contributed by atoms with E-state index in [1.54, 1.807) is 18.5 Å². The Morgan fingerprint density at radius 3 is 2.32 bits per heavy atom. The molecule has 1 aliphatic carbocycles. The van der Waals surface area contributed by atoms with E-state index in [2.05, 4.69) is 19.8 Å². The van der Waals surface area contributed by atoms with Crippen LogP contribution in [0.4, 0.5) is 5.95 Å². The van der Waals surface area contributed by atoms with Gasteiger partial charge in [0.2, 0.25) is 11.9 Å². The van der Waals surface area contributed by atoms with E-state index in [1.165, 1.54) is 0 Å². The standard InChI is InChI=1S/C19H29N5O3S/c25-18(14-22-9-11-23(12-10-22)19-20-7-3-8-21-19)24(16-4-1-2-5-16)17-6-13-28(26,27)15-17/h3,7-8,16-17H,1-2,4-6,9-15H2. The van der Waals surface area contributed by atoms with Crippen LogP contribution in [0.1, 0.15) is 32.1 Å². The number of aromatic nitrogens is 2. The zero-order valence-corrected chi connectivity index (χ0v) is 17.1. The number of carbonyl (C=O) groups excluding carboxylic acids is 1. The monoisotopic (exact) mass is 407 g/mol. The van der Waals surface area contributed by atoms with Crippen molar-refractivity contribution in [3.8, 4) is 0 Å². The Bertz CT molecular complexity index is 774. The molecule has 9 heteroatoms. The fourth-order valence-corrected chi connectivity index (χ4v) is 6.43. The minimum Gasteiger partial charge on any atom is -0.338 e. The SMILES string of the molecule is O=C(CN1CCN(c2ncccn2)CC1)N(C1CCCC1)C1CCS(=O)(=O)C1. The molecule has 3 aliphatic rings. The highest BCUT2D eigenvalue weighted by molar-refractivity contribution is 7.91. The number of hydrogen-bond acceptors (Lipinski definition) is 7. The normalized spacial score (nSPS) is 25.9. The van der Waals surface area contributed by atoms with Crippen molar-refractivity contribution in [1.82, 2.24) is 19.8 Å². The van der Waals surface area contributed by atoms with Crippen molar-refractivity contribution in [3.05, 3.63) is 18.5 Å². The van der Waals surface area contributed by atoms with E-state index in [0.29, 0.717) is 13.0 Å². The van der Waals surface area contributed by atoms with E-state index in [1.807, 2.05) is 4.90 Å². The van der Waals surface area contributed by atoms with Crippen LogP contribution in [0.25, 0.3) is 0 Å². The summed E-state index contributed by atoms with van der Waals surface area (Å²) in [4.78, 5) is 28.1. The molecule has 1 saturated carbocycles. The van der Waals surface area contributed by atoms with Gasteiger partial charge in [-0.05, 0) is 25.3 Å². The van der Waals surface area contributed by atoms with Crippen LogP contribution in [-0.2, 0) is 14.6 Å². The number of rotatable bonds is 5. The summed E-state index contributed by atoms with van der Waals surface area (Å²) < 4.78 is 24.0. The molecule has 0 N–H and O–H groups in total. The van der Waals surface area contributed by atoms with Gasteiger partial charge in [0.25, 0.3) is 0 Å². The Hall–Kier alpha value is -1.74. The van der Waals surface area contributed by atoms with Crippen molar-refractivity contribution in [2.45, 2.75) is 44.2 Å². The third-order valence-corrected chi connectivity index (χ3v) is 7.92. The van der Waals surface area contributed by atoms with E-state index >= 15 is 0 Å². The predicted octanol–water partition coefficient (Wildman–Crippen LogP) is 0.557. The maximum atomic E-state index is 13.2. The molecule has 0 aromatic carbocycles. The summed E-state index contributed by atoms with van der Waals surface area (Å²) in [6.45, 7) is 3.52. The van der Waals surface area contributed by atoms with Gasteiger partial charge in [0.15, 0.2) is 9.84 Å². The summed E-state index contributed by atoms with van der Waals surface area (Å²) in [5.74, 6) is 1.17. The van der Waals surface area contributed by atoms with Gasteiger partial charge in [-0.15, -0.1) is 0 Å². The highest BCUT2D eigenvalue weighted by Crippen LogP contribution is 2.29. The van der Waals surface area contributed by atoms with Crippen molar-refractivity contribution in [3.63, 3.8) is 0 Å². The molecule has 3 fully saturated rings. The van der Waals surface area contributed by atoms with Crippen LogP contribution < -0.4 is 4.90 Å². The first-order valence-corrected chi connectivity index (χ1v) is 12.1. The second-order valence-electron chi connectivity index (χ2n) is 8.11. The van der Waals surface area contributed by atoms with Crippen molar-refractivity contribution in [1.29, 1.82) is 0 Å². The Labute approximate surface area is 166 Å². The van der Waals surface area contributed by atoms with Crippen LogP contribution in [0, 0.1) is 0 Å². The summed E-state index contributed by atoms with van der Waals surface area (Å²) in [6, 6.07) is 1.88. The lowest BCUT2D eigenvalue weighted by atomic mass is 10.1. The molecule has 0 spiro atoms. The van der Waals surface area contributed by atoms with Crippen LogP contribution in [0.5, 0.6) is 0 Å². The van der Waals surface area contributed by atoms with Gasteiger partial charge in [-0.25, -0.2) is 18.4 Å².